The third kappa shape index (κ3) is 8.35. The van der Waals surface area contributed by atoms with Gasteiger partial charge in [0.25, 0.3) is 5.91 Å². The molecule has 246 valence electrons. The number of halogens is 3. The summed E-state index contributed by atoms with van der Waals surface area (Å²) in [7, 11) is 0. The number of nitrogens with two attached hydrogens (primary N) is 3. The van der Waals surface area contributed by atoms with Crippen LogP contribution in [0.1, 0.15) is 36.4 Å². The molecule has 0 aliphatic carbocycles. The fraction of sp³-hybridized carbons (Fsp3) is 0.387. The smallest absolute Gasteiger partial charge is 0.340 e. The third-order valence-corrected chi connectivity index (χ3v) is 7.69. The Balaban J connectivity index is 1.53. The minimum absolute atomic E-state index is 0.0966. The third-order valence-electron chi connectivity index (χ3n) is 7.69. The van der Waals surface area contributed by atoms with Gasteiger partial charge in [-0.15, -0.1) is 0 Å². The molecule has 3 atom stereocenters. The van der Waals surface area contributed by atoms with Crippen molar-refractivity contribution < 1.29 is 32.3 Å². The van der Waals surface area contributed by atoms with Crippen LogP contribution >= 0.6 is 0 Å². The van der Waals surface area contributed by atoms with E-state index in [-0.39, 0.29) is 51.1 Å². The molecule has 1 aliphatic rings. The van der Waals surface area contributed by atoms with Crippen molar-refractivity contribution in [1.29, 1.82) is 0 Å². The normalized spacial score (nSPS) is 16.1. The van der Waals surface area contributed by atoms with Gasteiger partial charge in [-0.1, -0.05) is 18.2 Å². The molecular formula is C31H37F3N8O4. The van der Waals surface area contributed by atoms with E-state index in [9.17, 15) is 32.3 Å². The molecule has 2 unspecified atom stereocenters. The summed E-state index contributed by atoms with van der Waals surface area (Å²) in [6, 6.07) is 8.71. The van der Waals surface area contributed by atoms with Gasteiger partial charge < -0.3 is 37.6 Å². The fourth-order valence-electron chi connectivity index (χ4n) is 5.36. The number of nitrogens with one attached hydrogen (secondary N) is 2. The lowest BCUT2D eigenvalue weighted by Gasteiger charge is -2.29. The lowest BCUT2D eigenvalue weighted by atomic mass is 10.0. The largest absolute Gasteiger partial charge is 0.416 e. The first kappa shape index (κ1) is 34.3. The number of hydrogen-bond acceptors (Lipinski definition) is 8. The number of anilines is 1. The Kier molecular flexibility index (Phi) is 11.3. The lowest BCUT2D eigenvalue weighted by molar-refractivity contribution is -0.142. The van der Waals surface area contributed by atoms with Crippen LogP contribution in [0.3, 0.4) is 0 Å². The fourth-order valence-corrected chi connectivity index (χ4v) is 5.36. The number of aromatic nitrogens is 1. The molecule has 0 bridgehead atoms. The van der Waals surface area contributed by atoms with E-state index < -0.39 is 53.5 Å². The molecule has 15 heteroatoms. The first-order valence-corrected chi connectivity index (χ1v) is 14.8. The standard InChI is InChI=1S/C31H37F3N8O4/c32-31(33,34)21-7-5-19(6-8-21)27(29(45)39-22-9-10-24-20(17-22)3-1-13-38-24)40-28(44)25-4-2-14-42(25)30(46)23(37)18-26(43)41(15-11-35)16-12-36/h1,3,5-10,13,17,23,25,27H,2,4,11-12,14-16,18,35-37H2,(H,39,45)(H,40,44)/t23?,25-,27?/m0/s1. The van der Waals surface area contributed by atoms with Crippen LogP contribution in [0.15, 0.2) is 60.8 Å². The number of amides is 4. The van der Waals surface area contributed by atoms with Crippen molar-refractivity contribution in [1.82, 2.24) is 20.1 Å². The second kappa shape index (κ2) is 15.1. The van der Waals surface area contributed by atoms with Crippen LogP contribution in [0.5, 0.6) is 0 Å². The number of carbonyl (C=O) groups is 4. The first-order valence-electron chi connectivity index (χ1n) is 14.8. The van der Waals surface area contributed by atoms with E-state index in [2.05, 4.69) is 15.6 Å². The van der Waals surface area contributed by atoms with Crippen molar-refractivity contribution in [2.75, 3.05) is 38.0 Å². The summed E-state index contributed by atoms with van der Waals surface area (Å²) in [6.07, 6.45) is -2.59. The Morgan fingerprint density at radius 3 is 2.37 bits per heavy atom. The average molecular weight is 643 g/mol. The lowest BCUT2D eigenvalue weighted by Crippen LogP contribution is -2.53. The van der Waals surface area contributed by atoms with E-state index in [1.54, 1.807) is 36.5 Å². The zero-order valence-electron chi connectivity index (χ0n) is 25.0. The molecule has 8 N–H and O–H groups in total. The van der Waals surface area contributed by atoms with Gasteiger partial charge >= 0.3 is 6.18 Å². The maximum atomic E-state index is 13.6. The molecule has 4 rings (SSSR count). The monoisotopic (exact) mass is 642 g/mol. The SMILES string of the molecule is NCCN(CCN)C(=O)CC(N)C(=O)N1CCC[C@H]1C(=O)NC(C(=O)Nc1ccc2ncccc2c1)c1ccc(C(F)(F)F)cc1. The van der Waals surface area contributed by atoms with Gasteiger partial charge in [0, 0.05) is 50.0 Å². The zero-order valence-corrected chi connectivity index (χ0v) is 25.0. The molecular weight excluding hydrogens is 605 g/mol. The van der Waals surface area contributed by atoms with Crippen molar-refractivity contribution in [3.05, 3.63) is 71.9 Å². The molecule has 1 saturated heterocycles. The van der Waals surface area contributed by atoms with Crippen LogP contribution in [-0.2, 0) is 25.4 Å². The maximum absolute atomic E-state index is 13.6. The number of fused-ring (bicyclic) bond motifs is 1. The number of hydrogen-bond donors (Lipinski definition) is 5. The summed E-state index contributed by atoms with van der Waals surface area (Å²) in [5.41, 5.74) is 17.5. The van der Waals surface area contributed by atoms with Gasteiger partial charge in [-0.05, 0) is 54.8 Å². The van der Waals surface area contributed by atoms with Crippen molar-refractivity contribution in [2.24, 2.45) is 17.2 Å². The van der Waals surface area contributed by atoms with Gasteiger partial charge in [-0.2, -0.15) is 13.2 Å². The van der Waals surface area contributed by atoms with Crippen LogP contribution in [0.25, 0.3) is 10.9 Å². The van der Waals surface area contributed by atoms with E-state index in [0.717, 1.165) is 29.7 Å². The molecule has 46 heavy (non-hydrogen) atoms. The van der Waals surface area contributed by atoms with Gasteiger partial charge in [0.05, 0.1) is 23.5 Å². The van der Waals surface area contributed by atoms with Gasteiger partial charge in [-0.3, -0.25) is 24.2 Å². The number of carbonyl (C=O) groups excluding carboxylic acids is 4. The van der Waals surface area contributed by atoms with Gasteiger partial charge in [0.2, 0.25) is 17.7 Å². The highest BCUT2D eigenvalue weighted by molar-refractivity contribution is 6.00. The highest BCUT2D eigenvalue weighted by Crippen LogP contribution is 2.30. The number of pyridine rings is 1. The summed E-state index contributed by atoms with van der Waals surface area (Å²) in [4.78, 5) is 60.1. The van der Waals surface area contributed by atoms with E-state index in [4.69, 9.17) is 17.2 Å². The summed E-state index contributed by atoms with van der Waals surface area (Å²) in [6.45, 7) is 1.09. The minimum Gasteiger partial charge on any atom is -0.340 e. The zero-order chi connectivity index (χ0) is 33.4. The van der Waals surface area contributed by atoms with Crippen LogP contribution < -0.4 is 27.8 Å². The molecule has 3 aromatic rings. The van der Waals surface area contributed by atoms with E-state index in [1.165, 1.54) is 9.80 Å². The van der Waals surface area contributed by atoms with Gasteiger partial charge in [0.15, 0.2) is 0 Å². The average Bonchev–Trinajstić information content (AvgIpc) is 3.53. The van der Waals surface area contributed by atoms with Gasteiger partial charge in [-0.25, -0.2) is 0 Å². The van der Waals surface area contributed by atoms with E-state index in [0.29, 0.717) is 17.6 Å². The molecule has 2 heterocycles. The van der Waals surface area contributed by atoms with Crippen LogP contribution in [0, 0.1) is 0 Å². The summed E-state index contributed by atoms with van der Waals surface area (Å²) >= 11 is 0. The Morgan fingerprint density at radius 1 is 1.02 bits per heavy atom. The maximum Gasteiger partial charge on any atom is 0.416 e. The van der Waals surface area contributed by atoms with Crippen LogP contribution in [0.4, 0.5) is 18.9 Å². The number of alkyl halides is 3. The molecule has 0 radical (unpaired) electrons. The Labute approximate surface area is 263 Å². The summed E-state index contributed by atoms with van der Waals surface area (Å²) < 4.78 is 39.8. The molecule has 0 spiro atoms. The van der Waals surface area contributed by atoms with Crippen molar-refractivity contribution >= 4 is 40.2 Å². The molecule has 12 nitrogen and oxygen atoms in total. The second-order valence-corrected chi connectivity index (χ2v) is 10.9. The predicted octanol–water partition coefficient (Wildman–Crippen LogP) is 1.50. The van der Waals surface area contributed by atoms with E-state index in [1.807, 2.05) is 0 Å². The molecule has 1 aromatic heterocycles. The predicted molar refractivity (Wildman–Crippen MR) is 165 cm³/mol. The first-order chi connectivity index (χ1) is 21.9. The molecule has 1 fully saturated rings. The highest BCUT2D eigenvalue weighted by Gasteiger charge is 2.39. The summed E-state index contributed by atoms with van der Waals surface area (Å²) in [5, 5.41) is 6.07. The van der Waals surface area contributed by atoms with Gasteiger partial charge in [0.1, 0.15) is 12.1 Å². The topological polar surface area (TPSA) is 190 Å². The number of benzene rings is 2. The van der Waals surface area contributed by atoms with Crippen molar-refractivity contribution in [3.63, 3.8) is 0 Å². The van der Waals surface area contributed by atoms with Crippen LogP contribution in [0.2, 0.25) is 0 Å². The molecule has 4 amide bonds. The van der Waals surface area contributed by atoms with Crippen molar-refractivity contribution in [3.8, 4) is 0 Å². The quantitative estimate of drug-likeness (QED) is 0.196. The van der Waals surface area contributed by atoms with E-state index >= 15 is 0 Å². The number of nitrogens with zero attached hydrogens (tertiary/aromatic N) is 3. The molecule has 2 aromatic carbocycles. The Morgan fingerprint density at radius 2 is 1.72 bits per heavy atom. The molecule has 0 saturated carbocycles. The molecule has 1 aliphatic heterocycles. The minimum atomic E-state index is -4.60. The Hall–Kier alpha value is -4.60. The number of rotatable bonds is 12. The summed E-state index contributed by atoms with van der Waals surface area (Å²) in [5.74, 6) is -2.43. The van der Waals surface area contributed by atoms with Crippen molar-refractivity contribution in [2.45, 2.75) is 43.6 Å². The Bertz CT molecular complexity index is 1550. The number of likely N-dealkylation sites (tertiary alicyclic amines) is 1. The second-order valence-electron chi connectivity index (χ2n) is 10.9. The van der Waals surface area contributed by atoms with Crippen LogP contribution in [-0.4, -0.2) is 83.2 Å². The highest BCUT2D eigenvalue weighted by atomic mass is 19.4.